The van der Waals surface area contributed by atoms with E-state index in [1.165, 1.54) is 0 Å². The third-order valence-corrected chi connectivity index (χ3v) is 2.84. The Bertz CT molecular complexity index is 466. The van der Waals surface area contributed by atoms with E-state index in [0.717, 1.165) is 0 Å². The molecule has 0 aliphatic carbocycles. The number of benzene rings is 1. The molecule has 1 atom stereocenters. The van der Waals surface area contributed by atoms with Crippen molar-refractivity contribution in [2.45, 2.75) is 13.0 Å². The molecule has 0 bridgehead atoms. The molecule has 0 fully saturated rings. The van der Waals surface area contributed by atoms with Crippen molar-refractivity contribution in [3.05, 3.63) is 36.4 Å². The summed E-state index contributed by atoms with van der Waals surface area (Å²) in [5, 5.41) is 5.91. The topological polar surface area (TPSA) is 59.6 Å². The zero-order chi connectivity index (χ0) is 15.0. The quantitative estimate of drug-likeness (QED) is 0.721. The first-order valence-electron chi connectivity index (χ1n) is 6.49. The summed E-state index contributed by atoms with van der Waals surface area (Å²) in [6.07, 6.45) is 1.65. The van der Waals surface area contributed by atoms with E-state index in [-0.39, 0.29) is 24.4 Å². The van der Waals surface area contributed by atoms with Crippen molar-refractivity contribution in [2.24, 2.45) is 0 Å². The van der Waals surface area contributed by atoms with E-state index in [4.69, 9.17) is 9.47 Å². The van der Waals surface area contributed by atoms with E-state index in [9.17, 15) is 4.79 Å². The Morgan fingerprint density at radius 3 is 2.71 bits per heavy atom. The summed E-state index contributed by atoms with van der Waals surface area (Å²) in [5.41, 5.74) is 0.538. The average Bonchev–Trinajstić information content (AvgIpc) is 2.49. The molecule has 21 heavy (non-hydrogen) atoms. The summed E-state index contributed by atoms with van der Waals surface area (Å²) in [7, 11) is 3.40. The van der Waals surface area contributed by atoms with E-state index in [1.807, 2.05) is 14.0 Å². The molecule has 1 aromatic rings. The van der Waals surface area contributed by atoms with Gasteiger partial charge in [0.1, 0.15) is 6.61 Å². The van der Waals surface area contributed by atoms with Gasteiger partial charge in [0.15, 0.2) is 11.5 Å². The monoisotopic (exact) mass is 314 g/mol. The summed E-state index contributed by atoms with van der Waals surface area (Å²) in [6, 6.07) is 5.31. The Morgan fingerprint density at radius 1 is 1.43 bits per heavy atom. The number of nitrogens with one attached hydrogen (secondary N) is 2. The van der Waals surface area contributed by atoms with Crippen molar-refractivity contribution >= 4 is 18.3 Å². The first-order valence-corrected chi connectivity index (χ1v) is 6.49. The van der Waals surface area contributed by atoms with E-state index in [0.29, 0.717) is 30.2 Å². The Morgan fingerprint density at radius 2 is 2.14 bits per heavy atom. The number of halogens is 1. The number of amides is 1. The van der Waals surface area contributed by atoms with Gasteiger partial charge in [-0.15, -0.1) is 12.4 Å². The number of ether oxygens (including phenoxy) is 2. The minimum atomic E-state index is -0.138. The van der Waals surface area contributed by atoms with Crippen molar-refractivity contribution in [3.63, 3.8) is 0 Å². The lowest BCUT2D eigenvalue weighted by atomic mass is 10.2. The number of carbonyl (C=O) groups is 1. The van der Waals surface area contributed by atoms with Crippen molar-refractivity contribution in [1.29, 1.82) is 0 Å². The zero-order valence-corrected chi connectivity index (χ0v) is 13.5. The molecular formula is C15H23ClN2O3. The summed E-state index contributed by atoms with van der Waals surface area (Å²) >= 11 is 0. The molecule has 0 aromatic heterocycles. The molecule has 0 saturated carbocycles. The maximum atomic E-state index is 12.0. The molecular weight excluding hydrogens is 292 g/mol. The number of methoxy groups -OCH3 is 1. The Balaban J connectivity index is 0.00000400. The third kappa shape index (κ3) is 6.06. The van der Waals surface area contributed by atoms with Gasteiger partial charge >= 0.3 is 0 Å². The van der Waals surface area contributed by atoms with Crippen LogP contribution in [0.2, 0.25) is 0 Å². The Kier molecular flexibility index (Phi) is 9.25. The molecule has 118 valence electrons. The molecule has 6 heteroatoms. The molecule has 0 radical (unpaired) electrons. The fraction of sp³-hybridized carbons (Fsp3) is 0.400. The second kappa shape index (κ2) is 10.1. The highest BCUT2D eigenvalue weighted by molar-refractivity contribution is 5.94. The summed E-state index contributed by atoms with van der Waals surface area (Å²) in [5.74, 6) is 0.981. The molecule has 5 nitrogen and oxygen atoms in total. The SMILES string of the molecule is C=CCOc1ccc(C(=O)NCC(C)NC)cc1OC.Cl. The van der Waals surface area contributed by atoms with Crippen LogP contribution in [0, 0.1) is 0 Å². The second-order valence-corrected chi connectivity index (χ2v) is 4.37. The van der Waals surface area contributed by atoms with Crippen molar-refractivity contribution in [3.8, 4) is 11.5 Å². The predicted octanol–water partition coefficient (Wildman–Crippen LogP) is 2.02. The molecule has 0 aliphatic heterocycles. The van der Waals surface area contributed by atoms with Gasteiger partial charge in [-0.3, -0.25) is 4.79 Å². The van der Waals surface area contributed by atoms with E-state index >= 15 is 0 Å². The van der Waals surface area contributed by atoms with E-state index in [1.54, 1.807) is 31.4 Å². The maximum absolute atomic E-state index is 12.0. The molecule has 1 aromatic carbocycles. The molecule has 0 aliphatic rings. The first kappa shape index (κ1) is 19.3. The van der Waals surface area contributed by atoms with Crippen LogP contribution in [0.15, 0.2) is 30.9 Å². The molecule has 1 unspecified atom stereocenters. The highest BCUT2D eigenvalue weighted by Crippen LogP contribution is 2.28. The number of hydrogen-bond acceptors (Lipinski definition) is 4. The predicted molar refractivity (Wildman–Crippen MR) is 86.8 cm³/mol. The minimum Gasteiger partial charge on any atom is -0.493 e. The summed E-state index contributed by atoms with van der Waals surface area (Å²) in [4.78, 5) is 12.0. The van der Waals surface area contributed by atoms with E-state index < -0.39 is 0 Å². The van der Waals surface area contributed by atoms with Crippen molar-refractivity contribution in [1.82, 2.24) is 10.6 Å². The van der Waals surface area contributed by atoms with Crippen LogP contribution >= 0.6 is 12.4 Å². The Hall–Kier alpha value is -1.72. The molecule has 0 saturated heterocycles. The van der Waals surface area contributed by atoms with Gasteiger partial charge in [-0.25, -0.2) is 0 Å². The highest BCUT2D eigenvalue weighted by Gasteiger charge is 2.11. The zero-order valence-electron chi connectivity index (χ0n) is 12.6. The third-order valence-electron chi connectivity index (χ3n) is 2.84. The highest BCUT2D eigenvalue weighted by atomic mass is 35.5. The van der Waals surface area contributed by atoms with Gasteiger partial charge in [0.2, 0.25) is 0 Å². The fourth-order valence-electron chi connectivity index (χ4n) is 1.53. The smallest absolute Gasteiger partial charge is 0.251 e. The summed E-state index contributed by atoms with van der Waals surface area (Å²) in [6.45, 7) is 6.54. The van der Waals surface area contributed by atoms with Gasteiger partial charge in [-0.1, -0.05) is 12.7 Å². The average molecular weight is 315 g/mol. The van der Waals surface area contributed by atoms with Gasteiger partial charge in [0.25, 0.3) is 5.91 Å². The normalized spacial score (nSPS) is 11.0. The van der Waals surface area contributed by atoms with Crippen LogP contribution in [0.5, 0.6) is 11.5 Å². The number of hydrogen-bond donors (Lipinski definition) is 2. The van der Waals surface area contributed by atoms with Crippen LogP contribution in [0.4, 0.5) is 0 Å². The van der Waals surface area contributed by atoms with Gasteiger partial charge < -0.3 is 20.1 Å². The minimum absolute atomic E-state index is 0. The van der Waals surface area contributed by atoms with Crippen LogP contribution in [-0.4, -0.2) is 39.3 Å². The van der Waals surface area contributed by atoms with Crippen LogP contribution in [0.25, 0.3) is 0 Å². The summed E-state index contributed by atoms with van der Waals surface area (Å²) < 4.78 is 10.7. The lowest BCUT2D eigenvalue weighted by Gasteiger charge is -2.13. The van der Waals surface area contributed by atoms with Crippen molar-refractivity contribution < 1.29 is 14.3 Å². The number of rotatable bonds is 8. The molecule has 0 spiro atoms. The Labute approximate surface area is 132 Å². The second-order valence-electron chi connectivity index (χ2n) is 4.37. The lowest BCUT2D eigenvalue weighted by Crippen LogP contribution is -2.37. The van der Waals surface area contributed by atoms with Crippen LogP contribution < -0.4 is 20.1 Å². The van der Waals surface area contributed by atoms with Crippen LogP contribution in [0.3, 0.4) is 0 Å². The maximum Gasteiger partial charge on any atom is 0.251 e. The van der Waals surface area contributed by atoms with Crippen LogP contribution in [0.1, 0.15) is 17.3 Å². The molecule has 1 rings (SSSR count). The first-order chi connectivity index (χ1) is 9.62. The van der Waals surface area contributed by atoms with Crippen LogP contribution in [-0.2, 0) is 0 Å². The molecule has 1 amide bonds. The van der Waals surface area contributed by atoms with Gasteiger partial charge in [-0.05, 0) is 32.2 Å². The fourth-order valence-corrected chi connectivity index (χ4v) is 1.53. The van der Waals surface area contributed by atoms with Gasteiger partial charge in [0, 0.05) is 18.2 Å². The van der Waals surface area contributed by atoms with Crippen molar-refractivity contribution in [2.75, 3.05) is 27.3 Å². The number of carbonyl (C=O) groups excluding carboxylic acids is 1. The number of likely N-dealkylation sites (N-methyl/N-ethyl adjacent to an activating group) is 1. The lowest BCUT2D eigenvalue weighted by molar-refractivity contribution is 0.0950. The largest absolute Gasteiger partial charge is 0.493 e. The molecule has 2 N–H and O–H groups in total. The van der Waals surface area contributed by atoms with Gasteiger partial charge in [-0.2, -0.15) is 0 Å². The van der Waals surface area contributed by atoms with Gasteiger partial charge in [0.05, 0.1) is 7.11 Å². The molecule has 0 heterocycles. The van der Waals surface area contributed by atoms with E-state index in [2.05, 4.69) is 17.2 Å². The standard InChI is InChI=1S/C15H22N2O3.ClH/c1-5-8-20-13-7-6-12(9-14(13)19-4)15(18)17-10-11(2)16-3;/h5-7,9,11,16H,1,8,10H2,2-4H3,(H,17,18);1H.